The van der Waals surface area contributed by atoms with Crippen LogP contribution < -0.4 is 15.8 Å². The Hall–Kier alpha value is -3.28. The number of carbonyl (C=O) groups is 1. The Bertz CT molecular complexity index is 1120. The van der Waals surface area contributed by atoms with Crippen molar-refractivity contribution < 1.29 is 13.9 Å². The number of aryl methyl sites for hydroxylation is 2. The second-order valence-corrected chi connectivity index (χ2v) is 7.23. The fourth-order valence-corrected chi connectivity index (χ4v) is 4.03. The zero-order valence-electron chi connectivity index (χ0n) is 15.4. The molecule has 1 aliphatic carbocycles. The average molecular weight is 376 g/mol. The molecule has 0 atom stereocenters. The molecule has 1 aromatic heterocycles. The monoisotopic (exact) mass is 376 g/mol. The van der Waals surface area contributed by atoms with E-state index in [1.165, 1.54) is 11.1 Å². The average Bonchev–Trinajstić information content (AvgIpc) is 3.33. The van der Waals surface area contributed by atoms with Crippen LogP contribution >= 0.6 is 0 Å². The number of ether oxygens (including phenoxy) is 1. The predicted molar refractivity (Wildman–Crippen MR) is 107 cm³/mol. The summed E-state index contributed by atoms with van der Waals surface area (Å²) in [5, 5.41) is 4.35. The molecule has 2 heterocycles. The molecular formula is C22H20N2O4. The molecule has 0 radical (unpaired) electrons. The quantitative estimate of drug-likeness (QED) is 0.700. The van der Waals surface area contributed by atoms with Crippen molar-refractivity contribution in [2.24, 2.45) is 0 Å². The summed E-state index contributed by atoms with van der Waals surface area (Å²) in [6, 6.07) is 13.4. The highest BCUT2D eigenvalue weighted by Gasteiger charge is 2.23. The summed E-state index contributed by atoms with van der Waals surface area (Å²) in [6.07, 6.45) is 2.97. The fraction of sp³-hybridized carbons (Fsp3) is 0.273. The van der Waals surface area contributed by atoms with Crippen LogP contribution in [-0.4, -0.2) is 19.2 Å². The maximum absolute atomic E-state index is 12.0. The number of hydrogen-bond acceptors (Lipinski definition) is 5. The van der Waals surface area contributed by atoms with E-state index in [9.17, 15) is 9.59 Å². The van der Waals surface area contributed by atoms with Gasteiger partial charge in [-0.2, -0.15) is 0 Å². The van der Waals surface area contributed by atoms with Gasteiger partial charge in [0, 0.05) is 29.4 Å². The third kappa shape index (κ3) is 3.01. The summed E-state index contributed by atoms with van der Waals surface area (Å²) in [4.78, 5) is 25.3. The molecule has 0 saturated carbocycles. The first-order valence-electron chi connectivity index (χ1n) is 9.54. The highest BCUT2D eigenvalue weighted by atomic mass is 16.6. The lowest BCUT2D eigenvalue weighted by Crippen LogP contribution is -2.23. The molecule has 1 fully saturated rings. The summed E-state index contributed by atoms with van der Waals surface area (Å²) >= 11 is 0. The van der Waals surface area contributed by atoms with Crippen molar-refractivity contribution in [3.8, 4) is 0 Å². The number of benzene rings is 2. The molecule has 142 valence electrons. The van der Waals surface area contributed by atoms with Crippen molar-refractivity contribution in [1.29, 1.82) is 0 Å². The van der Waals surface area contributed by atoms with Crippen molar-refractivity contribution in [3.05, 3.63) is 69.6 Å². The normalized spacial score (nSPS) is 15.7. The largest absolute Gasteiger partial charge is 0.447 e. The van der Waals surface area contributed by atoms with E-state index >= 15 is 0 Å². The number of nitrogens with zero attached hydrogens (tertiary/aromatic N) is 1. The molecule has 2 aromatic carbocycles. The SMILES string of the molecule is O=C1OCCN1c1ccc(NCc2cc(=O)oc3cc4c(cc23)CCC4)cc1. The van der Waals surface area contributed by atoms with Gasteiger partial charge in [0.05, 0.1) is 6.54 Å². The number of carbonyl (C=O) groups excluding carboxylic acids is 1. The molecule has 1 N–H and O–H groups in total. The Morgan fingerprint density at radius 2 is 1.79 bits per heavy atom. The topological polar surface area (TPSA) is 71.8 Å². The molecule has 0 bridgehead atoms. The van der Waals surface area contributed by atoms with Crippen LogP contribution in [0.1, 0.15) is 23.1 Å². The van der Waals surface area contributed by atoms with E-state index in [1.54, 1.807) is 11.0 Å². The second kappa shape index (κ2) is 6.71. The third-order valence-electron chi connectivity index (χ3n) is 5.47. The zero-order chi connectivity index (χ0) is 19.1. The third-order valence-corrected chi connectivity index (χ3v) is 5.47. The minimum absolute atomic E-state index is 0.310. The van der Waals surface area contributed by atoms with Crippen molar-refractivity contribution >= 4 is 28.4 Å². The van der Waals surface area contributed by atoms with Gasteiger partial charge in [0.2, 0.25) is 0 Å². The first-order valence-corrected chi connectivity index (χ1v) is 9.54. The number of fused-ring (bicyclic) bond motifs is 2. The molecular weight excluding hydrogens is 356 g/mol. The lowest BCUT2D eigenvalue weighted by Gasteiger charge is -2.14. The summed E-state index contributed by atoms with van der Waals surface area (Å²) in [6.45, 7) is 1.51. The molecule has 3 aromatic rings. The number of rotatable bonds is 4. The van der Waals surface area contributed by atoms with Crippen molar-refractivity contribution in [1.82, 2.24) is 0 Å². The first-order chi connectivity index (χ1) is 13.7. The Morgan fingerprint density at radius 3 is 2.54 bits per heavy atom. The minimum Gasteiger partial charge on any atom is -0.447 e. The van der Waals surface area contributed by atoms with Crippen LogP contribution in [0.3, 0.4) is 0 Å². The predicted octanol–water partition coefficient (Wildman–Crippen LogP) is 3.85. The molecule has 1 amide bonds. The smallest absolute Gasteiger partial charge is 0.414 e. The molecule has 1 saturated heterocycles. The van der Waals surface area contributed by atoms with Gasteiger partial charge in [0.25, 0.3) is 0 Å². The summed E-state index contributed by atoms with van der Waals surface area (Å²) in [5.74, 6) is 0. The van der Waals surface area contributed by atoms with Crippen LogP contribution in [0.15, 0.2) is 51.7 Å². The van der Waals surface area contributed by atoms with E-state index < -0.39 is 0 Å². The van der Waals surface area contributed by atoms with E-state index in [0.29, 0.717) is 25.3 Å². The molecule has 28 heavy (non-hydrogen) atoms. The van der Waals surface area contributed by atoms with Gasteiger partial charge in [-0.1, -0.05) is 0 Å². The molecule has 2 aliphatic rings. The fourth-order valence-electron chi connectivity index (χ4n) is 4.03. The Labute approximate surface area is 161 Å². The second-order valence-electron chi connectivity index (χ2n) is 7.23. The van der Waals surface area contributed by atoms with E-state index in [1.807, 2.05) is 30.3 Å². The highest BCUT2D eigenvalue weighted by Crippen LogP contribution is 2.29. The number of anilines is 2. The summed E-state index contributed by atoms with van der Waals surface area (Å²) in [5.41, 5.74) is 5.63. The number of hydrogen-bond donors (Lipinski definition) is 1. The van der Waals surface area contributed by atoms with Gasteiger partial charge in [-0.3, -0.25) is 4.90 Å². The van der Waals surface area contributed by atoms with Crippen LogP contribution in [0.2, 0.25) is 0 Å². The van der Waals surface area contributed by atoms with E-state index in [2.05, 4.69) is 11.4 Å². The molecule has 1 aliphatic heterocycles. The Balaban J connectivity index is 1.38. The molecule has 5 rings (SSSR count). The lowest BCUT2D eigenvalue weighted by atomic mass is 10.0. The van der Waals surface area contributed by atoms with Gasteiger partial charge in [-0.25, -0.2) is 9.59 Å². The standard InChI is InChI=1S/C22H20N2O4/c25-21-12-16(19-10-14-2-1-3-15(14)11-20(19)28-21)13-23-17-4-6-18(7-5-17)24-8-9-27-22(24)26/h4-7,10-12,23H,1-3,8-9,13H2. The van der Waals surface area contributed by atoms with Crippen LogP contribution in [0.25, 0.3) is 11.0 Å². The maximum atomic E-state index is 12.0. The van der Waals surface area contributed by atoms with Gasteiger partial charge >= 0.3 is 11.7 Å². The van der Waals surface area contributed by atoms with Gasteiger partial charge in [-0.15, -0.1) is 0 Å². The molecule has 6 heteroatoms. The summed E-state index contributed by atoms with van der Waals surface area (Å²) < 4.78 is 10.4. The first kappa shape index (κ1) is 16.9. The highest BCUT2D eigenvalue weighted by molar-refractivity contribution is 5.89. The van der Waals surface area contributed by atoms with Crippen LogP contribution in [-0.2, 0) is 24.1 Å². The van der Waals surface area contributed by atoms with Crippen LogP contribution in [0.5, 0.6) is 0 Å². The summed E-state index contributed by atoms with van der Waals surface area (Å²) in [7, 11) is 0. The zero-order valence-corrected chi connectivity index (χ0v) is 15.4. The van der Waals surface area contributed by atoms with Crippen LogP contribution in [0, 0.1) is 0 Å². The number of nitrogens with one attached hydrogen (secondary N) is 1. The minimum atomic E-state index is -0.329. The molecule has 0 spiro atoms. The van der Waals surface area contributed by atoms with Crippen molar-refractivity contribution in [2.45, 2.75) is 25.8 Å². The van der Waals surface area contributed by atoms with E-state index in [0.717, 1.165) is 41.6 Å². The van der Waals surface area contributed by atoms with Gasteiger partial charge in [-0.05, 0) is 72.4 Å². The van der Waals surface area contributed by atoms with Gasteiger partial charge in [0.1, 0.15) is 12.2 Å². The number of amides is 1. The Kier molecular flexibility index (Phi) is 4.04. The molecule has 6 nitrogen and oxygen atoms in total. The lowest BCUT2D eigenvalue weighted by molar-refractivity contribution is 0.181. The Morgan fingerprint density at radius 1 is 1.00 bits per heavy atom. The van der Waals surface area contributed by atoms with Crippen molar-refractivity contribution in [3.63, 3.8) is 0 Å². The van der Waals surface area contributed by atoms with Crippen molar-refractivity contribution in [2.75, 3.05) is 23.4 Å². The van der Waals surface area contributed by atoms with E-state index in [-0.39, 0.29) is 11.7 Å². The van der Waals surface area contributed by atoms with Gasteiger partial charge in [0.15, 0.2) is 0 Å². The maximum Gasteiger partial charge on any atom is 0.414 e. The number of cyclic esters (lactones) is 1. The van der Waals surface area contributed by atoms with Gasteiger partial charge < -0.3 is 14.5 Å². The molecule has 0 unspecified atom stereocenters. The van der Waals surface area contributed by atoms with E-state index in [4.69, 9.17) is 9.15 Å². The van der Waals surface area contributed by atoms with Crippen LogP contribution in [0.4, 0.5) is 16.2 Å².